The van der Waals surface area contributed by atoms with Crippen molar-refractivity contribution in [3.63, 3.8) is 0 Å². The number of amides is 1. The van der Waals surface area contributed by atoms with Crippen LogP contribution >= 0.6 is 11.8 Å². The fraction of sp³-hybridized carbons (Fsp3) is 0.471. The molecule has 0 bridgehead atoms. The molecular weight excluding hydrogens is 354 g/mol. The van der Waals surface area contributed by atoms with Gasteiger partial charge in [-0.25, -0.2) is 4.68 Å². The molecule has 1 aromatic carbocycles. The van der Waals surface area contributed by atoms with E-state index in [1.807, 2.05) is 31.2 Å². The first-order chi connectivity index (χ1) is 12.6. The normalized spacial score (nSPS) is 17.8. The van der Waals surface area contributed by atoms with Gasteiger partial charge in [-0.2, -0.15) is 0 Å². The number of carbonyl (C=O) groups excluding carboxylic acids is 1. The minimum Gasteiger partial charge on any atom is -0.496 e. The van der Waals surface area contributed by atoms with E-state index >= 15 is 0 Å². The molecule has 1 aliphatic heterocycles. The second-order valence-electron chi connectivity index (χ2n) is 6.02. The van der Waals surface area contributed by atoms with E-state index in [4.69, 9.17) is 15.3 Å². The average molecular weight is 377 g/mol. The summed E-state index contributed by atoms with van der Waals surface area (Å²) < 4.78 is 12.2. The summed E-state index contributed by atoms with van der Waals surface area (Å²) in [5.41, 5.74) is 0.743. The summed E-state index contributed by atoms with van der Waals surface area (Å²) in [5, 5.41) is 11.3. The molecule has 26 heavy (non-hydrogen) atoms. The minimum absolute atomic E-state index is 0.0765. The number of benzene rings is 1. The minimum atomic E-state index is -0.353. The summed E-state index contributed by atoms with van der Waals surface area (Å²) in [6, 6.07) is 7.44. The Balaban J connectivity index is 1.64. The molecule has 2 unspecified atom stereocenters. The third-order valence-electron chi connectivity index (χ3n) is 4.19. The van der Waals surface area contributed by atoms with E-state index in [0.717, 1.165) is 25.0 Å². The van der Waals surface area contributed by atoms with E-state index in [2.05, 4.69) is 15.5 Å². The highest BCUT2D eigenvalue weighted by Crippen LogP contribution is 2.30. The maximum atomic E-state index is 12.3. The fourth-order valence-electron chi connectivity index (χ4n) is 2.75. The van der Waals surface area contributed by atoms with Crippen molar-refractivity contribution in [1.82, 2.24) is 20.2 Å². The number of thioether (sulfide) groups is 1. The zero-order valence-electron chi connectivity index (χ0n) is 14.8. The highest BCUT2D eigenvalue weighted by molar-refractivity contribution is 8.00. The van der Waals surface area contributed by atoms with Gasteiger partial charge in [0.2, 0.25) is 11.1 Å². The molecule has 1 amide bonds. The lowest BCUT2D eigenvalue weighted by molar-refractivity contribution is -0.120. The Kier molecular flexibility index (Phi) is 6.00. The van der Waals surface area contributed by atoms with Crippen LogP contribution in [0.5, 0.6) is 5.75 Å². The molecule has 2 atom stereocenters. The van der Waals surface area contributed by atoms with Crippen molar-refractivity contribution in [2.75, 3.05) is 26.1 Å². The predicted octanol–water partition coefficient (Wildman–Crippen LogP) is 1.44. The lowest BCUT2D eigenvalue weighted by atomic mass is 10.2. The molecule has 2 heterocycles. The molecule has 140 valence electrons. The highest BCUT2D eigenvalue weighted by Gasteiger charge is 2.22. The van der Waals surface area contributed by atoms with Crippen LogP contribution < -0.4 is 15.9 Å². The number of carbonyl (C=O) groups is 1. The summed E-state index contributed by atoms with van der Waals surface area (Å²) in [6.45, 7) is 3.12. The maximum absolute atomic E-state index is 12.3. The molecule has 1 saturated heterocycles. The van der Waals surface area contributed by atoms with Crippen molar-refractivity contribution in [2.45, 2.75) is 36.3 Å². The van der Waals surface area contributed by atoms with Crippen LogP contribution in [0.15, 0.2) is 29.4 Å². The number of aromatic nitrogens is 3. The lowest BCUT2D eigenvalue weighted by Gasteiger charge is -2.14. The van der Waals surface area contributed by atoms with Gasteiger partial charge in [-0.1, -0.05) is 23.9 Å². The summed E-state index contributed by atoms with van der Waals surface area (Å²) in [4.78, 5) is 12.3. The molecule has 9 heteroatoms. The van der Waals surface area contributed by atoms with Gasteiger partial charge in [-0.15, -0.1) is 10.2 Å². The number of methoxy groups -OCH3 is 1. The molecule has 3 rings (SSSR count). The largest absolute Gasteiger partial charge is 0.496 e. The van der Waals surface area contributed by atoms with Crippen LogP contribution in [0.1, 0.15) is 19.8 Å². The Labute approximate surface area is 156 Å². The van der Waals surface area contributed by atoms with Gasteiger partial charge in [0.05, 0.1) is 24.0 Å². The van der Waals surface area contributed by atoms with Gasteiger partial charge >= 0.3 is 0 Å². The number of rotatable bonds is 7. The average Bonchev–Trinajstić information content (AvgIpc) is 3.30. The predicted molar refractivity (Wildman–Crippen MR) is 99.5 cm³/mol. The molecule has 8 nitrogen and oxygen atoms in total. The summed E-state index contributed by atoms with van der Waals surface area (Å²) in [7, 11) is 1.59. The Hall–Kier alpha value is -2.26. The van der Waals surface area contributed by atoms with Crippen LogP contribution in [0, 0.1) is 0 Å². The van der Waals surface area contributed by atoms with Crippen LogP contribution in [0.3, 0.4) is 0 Å². The van der Waals surface area contributed by atoms with Crippen molar-refractivity contribution >= 4 is 17.7 Å². The fourth-order valence-corrected chi connectivity index (χ4v) is 3.54. The quantitative estimate of drug-likeness (QED) is 0.556. The van der Waals surface area contributed by atoms with Crippen molar-refractivity contribution in [2.24, 2.45) is 0 Å². The summed E-state index contributed by atoms with van der Waals surface area (Å²) in [5.74, 6) is 7.21. The van der Waals surface area contributed by atoms with Crippen LogP contribution in [0.2, 0.25) is 0 Å². The van der Waals surface area contributed by atoms with Crippen molar-refractivity contribution in [3.8, 4) is 17.1 Å². The summed E-state index contributed by atoms with van der Waals surface area (Å²) >= 11 is 1.26. The molecule has 0 aliphatic carbocycles. The molecule has 0 radical (unpaired) electrons. The lowest BCUT2D eigenvalue weighted by Crippen LogP contribution is -2.36. The number of nitrogens with two attached hydrogens (primary N) is 1. The molecule has 1 aliphatic rings. The number of para-hydroxylation sites is 1. The molecule has 2 aromatic rings. The Morgan fingerprint density at radius 1 is 1.50 bits per heavy atom. The zero-order valence-corrected chi connectivity index (χ0v) is 15.7. The number of nitrogens with one attached hydrogen (secondary N) is 1. The molecule has 0 saturated carbocycles. The Morgan fingerprint density at radius 2 is 2.31 bits per heavy atom. The third-order valence-corrected chi connectivity index (χ3v) is 5.25. The molecule has 1 aromatic heterocycles. The second-order valence-corrected chi connectivity index (χ2v) is 7.32. The maximum Gasteiger partial charge on any atom is 0.233 e. The van der Waals surface area contributed by atoms with E-state index in [9.17, 15) is 4.79 Å². The van der Waals surface area contributed by atoms with E-state index in [1.165, 1.54) is 16.4 Å². The van der Waals surface area contributed by atoms with E-state index in [-0.39, 0.29) is 17.3 Å². The number of hydrogen-bond donors (Lipinski definition) is 2. The molecule has 3 N–H and O–H groups in total. The van der Waals surface area contributed by atoms with Crippen molar-refractivity contribution in [1.29, 1.82) is 0 Å². The number of nitrogen functional groups attached to an aromatic ring is 1. The van der Waals surface area contributed by atoms with Gasteiger partial charge < -0.3 is 20.6 Å². The molecule has 0 spiro atoms. The highest BCUT2D eigenvalue weighted by atomic mass is 32.2. The van der Waals surface area contributed by atoms with Gasteiger partial charge in [0, 0.05) is 13.2 Å². The van der Waals surface area contributed by atoms with E-state index in [1.54, 1.807) is 7.11 Å². The number of hydrogen-bond acceptors (Lipinski definition) is 7. The van der Waals surface area contributed by atoms with Gasteiger partial charge in [0.1, 0.15) is 5.75 Å². The number of nitrogens with zero attached hydrogens (tertiary/aromatic N) is 3. The van der Waals surface area contributed by atoms with Crippen LogP contribution in [0.25, 0.3) is 11.4 Å². The molecular formula is C17H23N5O3S. The summed E-state index contributed by atoms with van der Waals surface area (Å²) in [6.07, 6.45) is 2.15. The SMILES string of the molecule is COc1ccccc1-c1nnc(SC(C)C(=O)NCC2CCCO2)n1N. The smallest absolute Gasteiger partial charge is 0.233 e. The van der Waals surface area contributed by atoms with Crippen LogP contribution in [0.4, 0.5) is 0 Å². The van der Waals surface area contributed by atoms with Crippen LogP contribution in [-0.2, 0) is 9.53 Å². The monoisotopic (exact) mass is 377 g/mol. The standard InChI is InChI=1S/C17H23N5O3S/c1-11(16(23)19-10-12-6-5-9-25-12)26-17-21-20-15(22(17)18)13-7-3-4-8-14(13)24-2/h3-4,7-8,11-12H,5-6,9-10,18H2,1-2H3,(H,19,23). The molecule has 1 fully saturated rings. The first-order valence-corrected chi connectivity index (χ1v) is 9.38. The Bertz CT molecular complexity index is 761. The zero-order chi connectivity index (χ0) is 18.5. The van der Waals surface area contributed by atoms with E-state index < -0.39 is 0 Å². The van der Waals surface area contributed by atoms with Crippen molar-refractivity contribution < 1.29 is 14.3 Å². The van der Waals surface area contributed by atoms with Gasteiger partial charge in [-0.3, -0.25) is 4.79 Å². The number of ether oxygens (including phenoxy) is 2. The Morgan fingerprint density at radius 3 is 3.04 bits per heavy atom. The first kappa shape index (κ1) is 18.5. The van der Waals surface area contributed by atoms with Gasteiger partial charge in [-0.05, 0) is 31.9 Å². The van der Waals surface area contributed by atoms with Crippen molar-refractivity contribution in [3.05, 3.63) is 24.3 Å². The van der Waals surface area contributed by atoms with E-state index in [0.29, 0.717) is 23.3 Å². The van der Waals surface area contributed by atoms with Gasteiger partial charge in [0.25, 0.3) is 0 Å². The van der Waals surface area contributed by atoms with Crippen LogP contribution in [-0.4, -0.2) is 52.4 Å². The van der Waals surface area contributed by atoms with Gasteiger partial charge in [0.15, 0.2) is 5.82 Å². The third kappa shape index (κ3) is 4.10. The first-order valence-electron chi connectivity index (χ1n) is 8.50. The topological polar surface area (TPSA) is 104 Å². The second kappa shape index (κ2) is 8.41.